The number of nitrogens with one attached hydrogen (secondary N) is 1. The smallest absolute Gasteiger partial charge is 0.330 e. The quantitative estimate of drug-likeness (QED) is 0.167. The summed E-state index contributed by atoms with van der Waals surface area (Å²) in [6, 6.07) is 10.9. The van der Waals surface area contributed by atoms with Gasteiger partial charge in [0.15, 0.2) is 0 Å². The predicted octanol–water partition coefficient (Wildman–Crippen LogP) is 0.289. The number of primary sulfonamides is 1. The minimum Gasteiger partial charge on any atom is -0.330 e. The van der Waals surface area contributed by atoms with Gasteiger partial charge < -0.3 is 11.5 Å². The van der Waals surface area contributed by atoms with Gasteiger partial charge in [0.2, 0.25) is 20.0 Å². The van der Waals surface area contributed by atoms with E-state index in [9.17, 15) is 21.0 Å². The molecule has 226 valence electrons. The van der Waals surface area contributed by atoms with E-state index in [-0.39, 0.29) is 31.8 Å². The predicted molar refractivity (Wildman–Crippen MR) is 158 cm³/mol. The summed E-state index contributed by atoms with van der Waals surface area (Å²) in [5.74, 6) is -0.303. The third kappa shape index (κ3) is 12.2. The Hall–Kier alpha value is -2.15. The van der Waals surface area contributed by atoms with Crippen molar-refractivity contribution in [2.45, 2.75) is 33.1 Å². The van der Waals surface area contributed by atoms with E-state index in [4.69, 9.17) is 25.2 Å². The second kappa shape index (κ2) is 15.7. The molecule has 0 fully saturated rings. The lowest BCUT2D eigenvalue weighted by molar-refractivity contribution is 0.216. The lowest BCUT2D eigenvalue weighted by Crippen LogP contribution is -2.37. The van der Waals surface area contributed by atoms with Gasteiger partial charge in [-0.15, -0.1) is 8.57 Å². The fourth-order valence-electron chi connectivity index (χ4n) is 3.86. The van der Waals surface area contributed by atoms with Gasteiger partial charge in [-0.3, -0.25) is 0 Å². The van der Waals surface area contributed by atoms with Crippen molar-refractivity contribution in [3.63, 3.8) is 0 Å². The molecule has 0 aliphatic rings. The minimum absolute atomic E-state index is 0.0101. The number of hydroxylamine groups is 2. The Morgan fingerprint density at radius 2 is 1.32 bits per heavy atom. The summed E-state index contributed by atoms with van der Waals surface area (Å²) in [6.45, 7) is 4.78. The number of nitrogens with two attached hydrogens (primary N) is 3. The Bertz CT molecular complexity index is 1260. The van der Waals surface area contributed by atoms with E-state index < -0.39 is 31.4 Å². The first-order chi connectivity index (χ1) is 18.7. The summed E-state index contributed by atoms with van der Waals surface area (Å²) < 4.78 is 72.8. The Labute approximate surface area is 239 Å². The monoisotopic (exact) mass is 620 g/mol. The molecule has 16 heteroatoms. The molecule has 0 bridgehead atoms. The van der Waals surface area contributed by atoms with Gasteiger partial charge in [0, 0.05) is 13.1 Å². The Morgan fingerprint density at radius 3 is 1.73 bits per heavy atom. The van der Waals surface area contributed by atoms with Crippen LogP contribution in [0.3, 0.4) is 0 Å². The van der Waals surface area contributed by atoms with Crippen LogP contribution in [0, 0.1) is 13.8 Å². The standard InChI is InChI=1S/C24H40N6O7S3/c1-19-17-23(7-5-21(19)9-11-25)29(14-4-16-40(27,34)35)36-38(31)37-30(15-13-28-39(3,32)33)24-8-6-22(10-12-26)20(2)18-24/h5-8,17-18,28H,4,9-16,25-26H2,1-3H3,(H2,27,34,35). The third-order valence-corrected chi connectivity index (χ3v) is 8.02. The minimum atomic E-state index is -3.72. The van der Waals surface area contributed by atoms with Crippen LogP contribution in [0.1, 0.15) is 28.7 Å². The van der Waals surface area contributed by atoms with Crippen molar-refractivity contribution < 1.29 is 29.6 Å². The highest BCUT2D eigenvalue weighted by molar-refractivity contribution is 7.89. The molecule has 2 aromatic carbocycles. The number of anilines is 2. The Balaban J connectivity index is 2.28. The average Bonchev–Trinajstić information content (AvgIpc) is 2.84. The molecule has 0 spiro atoms. The number of nitrogens with zero attached hydrogens (tertiary/aromatic N) is 2. The molecule has 0 aliphatic heterocycles. The molecule has 1 unspecified atom stereocenters. The molecular weight excluding hydrogens is 581 g/mol. The van der Waals surface area contributed by atoms with Crippen molar-refractivity contribution in [3.05, 3.63) is 58.7 Å². The zero-order valence-electron chi connectivity index (χ0n) is 23.0. The Kier molecular flexibility index (Phi) is 13.4. The topological polar surface area (TPSA) is 200 Å². The van der Waals surface area contributed by atoms with E-state index in [1.54, 1.807) is 12.1 Å². The van der Waals surface area contributed by atoms with Crippen LogP contribution in [0.5, 0.6) is 0 Å². The van der Waals surface area contributed by atoms with Crippen LogP contribution < -0.4 is 31.5 Å². The lowest BCUT2D eigenvalue weighted by Gasteiger charge is -2.26. The molecule has 2 rings (SSSR count). The highest BCUT2D eigenvalue weighted by Crippen LogP contribution is 2.24. The van der Waals surface area contributed by atoms with Gasteiger partial charge in [-0.05, 0) is 92.7 Å². The van der Waals surface area contributed by atoms with Crippen LogP contribution in [0.2, 0.25) is 0 Å². The highest BCUT2D eigenvalue weighted by atomic mass is 32.2. The summed E-state index contributed by atoms with van der Waals surface area (Å²) >= 11 is -2.41. The molecule has 0 saturated heterocycles. The van der Waals surface area contributed by atoms with Crippen LogP contribution in [0.4, 0.5) is 11.4 Å². The second-order valence-corrected chi connectivity index (χ2v) is 13.5. The van der Waals surface area contributed by atoms with Gasteiger partial charge in [0.05, 0.1) is 29.9 Å². The maximum atomic E-state index is 13.1. The zero-order chi connectivity index (χ0) is 29.9. The molecule has 0 amide bonds. The molecular formula is C24H40N6O7S3. The van der Waals surface area contributed by atoms with Crippen molar-refractivity contribution >= 4 is 42.8 Å². The Morgan fingerprint density at radius 1 is 0.850 bits per heavy atom. The fraction of sp³-hybridized carbons (Fsp3) is 0.500. The zero-order valence-corrected chi connectivity index (χ0v) is 25.5. The van der Waals surface area contributed by atoms with Gasteiger partial charge >= 0.3 is 11.4 Å². The maximum absolute atomic E-state index is 13.1. The van der Waals surface area contributed by atoms with Gasteiger partial charge in [-0.1, -0.05) is 12.1 Å². The van der Waals surface area contributed by atoms with Gasteiger partial charge in [-0.25, -0.2) is 36.8 Å². The molecule has 7 N–H and O–H groups in total. The highest BCUT2D eigenvalue weighted by Gasteiger charge is 2.20. The molecule has 40 heavy (non-hydrogen) atoms. The van der Waals surface area contributed by atoms with E-state index in [2.05, 4.69) is 4.72 Å². The normalized spacial score (nSPS) is 12.8. The van der Waals surface area contributed by atoms with Crippen molar-refractivity contribution in [2.75, 3.05) is 54.9 Å². The van der Waals surface area contributed by atoms with E-state index in [0.717, 1.165) is 28.5 Å². The van der Waals surface area contributed by atoms with Crippen LogP contribution in [-0.2, 0) is 52.8 Å². The molecule has 2 aromatic rings. The van der Waals surface area contributed by atoms with Crippen molar-refractivity contribution in [1.82, 2.24) is 4.72 Å². The average molecular weight is 621 g/mol. The molecule has 0 saturated carbocycles. The van der Waals surface area contributed by atoms with Crippen LogP contribution >= 0.6 is 0 Å². The molecule has 1 atom stereocenters. The van der Waals surface area contributed by atoms with Crippen LogP contribution in [-0.4, -0.2) is 65.8 Å². The lowest BCUT2D eigenvalue weighted by atomic mass is 10.0. The van der Waals surface area contributed by atoms with Crippen molar-refractivity contribution in [3.8, 4) is 0 Å². The fourth-order valence-corrected chi connectivity index (χ4v) is 5.50. The van der Waals surface area contributed by atoms with Gasteiger partial charge in [-0.2, -0.15) is 4.21 Å². The number of benzene rings is 2. The second-order valence-electron chi connectivity index (χ2n) is 9.24. The largest absolute Gasteiger partial charge is 0.350 e. The van der Waals surface area contributed by atoms with Crippen LogP contribution in [0.15, 0.2) is 36.4 Å². The summed E-state index contributed by atoms with van der Waals surface area (Å²) in [7, 11) is -7.19. The van der Waals surface area contributed by atoms with Gasteiger partial charge in [0.1, 0.15) is 0 Å². The summed E-state index contributed by atoms with van der Waals surface area (Å²) in [4.78, 5) is 0. The number of sulfonamides is 2. The number of hydrogen-bond donors (Lipinski definition) is 4. The summed E-state index contributed by atoms with van der Waals surface area (Å²) in [5.41, 5.74) is 16.3. The molecule has 0 aliphatic carbocycles. The maximum Gasteiger partial charge on any atom is 0.350 e. The van der Waals surface area contributed by atoms with E-state index in [1.807, 2.05) is 38.1 Å². The van der Waals surface area contributed by atoms with E-state index in [1.165, 1.54) is 10.1 Å². The van der Waals surface area contributed by atoms with E-state index in [0.29, 0.717) is 37.3 Å². The van der Waals surface area contributed by atoms with Crippen LogP contribution in [0.25, 0.3) is 0 Å². The third-order valence-electron chi connectivity index (χ3n) is 5.83. The number of rotatable bonds is 18. The molecule has 0 aromatic heterocycles. The number of hydrogen-bond acceptors (Lipinski definition) is 11. The molecule has 0 heterocycles. The molecule has 0 radical (unpaired) electrons. The number of aryl methyl sites for hydroxylation is 2. The summed E-state index contributed by atoms with van der Waals surface area (Å²) in [5, 5.41) is 7.69. The van der Waals surface area contributed by atoms with E-state index >= 15 is 0 Å². The first-order valence-electron chi connectivity index (χ1n) is 12.6. The molecule has 13 nitrogen and oxygen atoms in total. The van der Waals surface area contributed by atoms with Crippen molar-refractivity contribution in [1.29, 1.82) is 0 Å². The van der Waals surface area contributed by atoms with Gasteiger partial charge in [0.25, 0.3) is 0 Å². The SMILES string of the molecule is Cc1cc(N(CCCS(N)(=O)=O)OS(=O)ON(CCNS(C)(=O)=O)c2ccc(CCN)c(C)c2)ccc1CCN. The summed E-state index contributed by atoms with van der Waals surface area (Å²) in [6.07, 6.45) is 2.48. The van der Waals surface area contributed by atoms with Crippen molar-refractivity contribution in [2.24, 2.45) is 16.6 Å². The first kappa shape index (κ1) is 34.1. The first-order valence-corrected chi connectivity index (χ1v) is 17.2.